The summed E-state index contributed by atoms with van der Waals surface area (Å²) < 4.78 is 0. The number of carbonyl (C=O) groups excluding carboxylic acids is 3. The lowest BCUT2D eigenvalue weighted by Gasteiger charge is -2.25. The number of hydrogen-bond acceptors (Lipinski definition) is 5. The van der Waals surface area contributed by atoms with Crippen LogP contribution in [0, 0.1) is 0 Å². The predicted octanol–water partition coefficient (Wildman–Crippen LogP) is 5.51. The van der Waals surface area contributed by atoms with Gasteiger partial charge in [0.15, 0.2) is 5.78 Å². The first-order valence-corrected chi connectivity index (χ1v) is 15.2. The summed E-state index contributed by atoms with van der Waals surface area (Å²) in [7, 11) is 0. The van der Waals surface area contributed by atoms with Crippen molar-refractivity contribution >= 4 is 34.2 Å². The van der Waals surface area contributed by atoms with E-state index in [1.165, 1.54) is 0 Å². The number of aromatic amines is 1. The summed E-state index contributed by atoms with van der Waals surface area (Å²) in [6.07, 6.45) is 0.423. The van der Waals surface area contributed by atoms with Crippen LogP contribution in [0.5, 0.6) is 0 Å². The molecule has 3 amide bonds. The van der Waals surface area contributed by atoms with Gasteiger partial charge in [-0.25, -0.2) is 15.6 Å². The highest BCUT2D eigenvalue weighted by atomic mass is 16.2. The Morgan fingerprint density at radius 3 is 2.11 bits per heavy atom. The van der Waals surface area contributed by atoms with Crippen LogP contribution in [-0.4, -0.2) is 40.3 Å². The summed E-state index contributed by atoms with van der Waals surface area (Å²) in [5.41, 5.74) is 17.2. The number of H-pyrrole nitrogens is 1. The number of carbonyl (C=O) groups is 3. The maximum absolute atomic E-state index is 14.0. The summed E-state index contributed by atoms with van der Waals surface area (Å²) in [5.74, 6) is -0.952. The first-order valence-electron chi connectivity index (χ1n) is 15.2. The molecule has 1 unspecified atom stereocenters. The van der Waals surface area contributed by atoms with Gasteiger partial charge in [-0.1, -0.05) is 72.8 Å². The molecular weight excluding hydrogens is 564 g/mol. The third kappa shape index (κ3) is 7.33. The smallest absolute Gasteiger partial charge is 0.329 e. The lowest BCUT2D eigenvalue weighted by molar-refractivity contribution is -0.114. The lowest BCUT2D eigenvalue weighted by Crippen LogP contribution is -2.52. The number of hydrazine groups is 2. The Labute approximate surface area is 264 Å². The highest BCUT2D eigenvalue weighted by Gasteiger charge is 2.36. The van der Waals surface area contributed by atoms with Gasteiger partial charge in [-0.2, -0.15) is 0 Å². The van der Waals surface area contributed by atoms with Gasteiger partial charge in [0.1, 0.15) is 5.69 Å². The molecule has 0 saturated heterocycles. The molecule has 1 aromatic heterocycles. The molecule has 1 atom stereocenters. The largest absolute Gasteiger partial charge is 0.350 e. The zero-order chi connectivity index (χ0) is 32.4. The number of rotatable bonds is 9. The van der Waals surface area contributed by atoms with Gasteiger partial charge in [0.25, 0.3) is 5.91 Å². The van der Waals surface area contributed by atoms with E-state index in [0.717, 1.165) is 38.7 Å². The van der Waals surface area contributed by atoms with Crippen molar-refractivity contribution in [3.05, 3.63) is 112 Å². The maximum atomic E-state index is 14.0. The number of Topliss-reactive ketones (excluding diaryl/α,β-unsaturated/α-hetero) is 1. The van der Waals surface area contributed by atoms with Gasteiger partial charge >= 0.3 is 6.03 Å². The third-order valence-electron chi connectivity index (χ3n) is 7.53. The third-order valence-corrected chi connectivity index (χ3v) is 7.53. The molecule has 0 radical (unpaired) electrons. The van der Waals surface area contributed by atoms with E-state index < -0.39 is 11.9 Å². The Morgan fingerprint density at radius 1 is 0.778 bits per heavy atom. The first kappa shape index (κ1) is 31.7. The number of allylic oxidation sites excluding steroid dienone is 1. The van der Waals surface area contributed by atoms with Crippen LogP contribution in [0.3, 0.4) is 0 Å². The highest BCUT2D eigenvalue weighted by Crippen LogP contribution is 2.48. The summed E-state index contributed by atoms with van der Waals surface area (Å²) in [6, 6.07) is 25.3. The maximum Gasteiger partial charge on any atom is 0.329 e. The Bertz CT molecular complexity index is 1760. The molecule has 3 aromatic carbocycles. The van der Waals surface area contributed by atoms with E-state index in [1.807, 2.05) is 120 Å². The second-order valence-corrected chi connectivity index (χ2v) is 13.5. The van der Waals surface area contributed by atoms with Crippen LogP contribution in [0.25, 0.3) is 16.5 Å². The molecule has 1 aliphatic carbocycles. The standard InChI is InChI=1S/C36H42N6O3/c1-35(2,3)41-39-33(44)32-31(25-18-12-13-19-27(25)38-32)29(22-14-8-7-9-15-22)30-24-17-11-10-16-23(24)20-26(30)28(43)21-37-34(45)40-42-36(4,5)6/h7-19,29,38,41-42H,20-21H2,1-6H3,(H,39,44)(H2,37,40,45). The summed E-state index contributed by atoms with van der Waals surface area (Å²) in [6.45, 7) is 11.5. The lowest BCUT2D eigenvalue weighted by atomic mass is 9.79. The topological polar surface area (TPSA) is 127 Å². The highest BCUT2D eigenvalue weighted by molar-refractivity contribution is 6.10. The summed E-state index contributed by atoms with van der Waals surface area (Å²) >= 11 is 0. The zero-order valence-electron chi connectivity index (χ0n) is 26.7. The van der Waals surface area contributed by atoms with Gasteiger partial charge in [-0.05, 0) is 69.9 Å². The van der Waals surface area contributed by atoms with Crippen LogP contribution in [-0.2, 0) is 11.2 Å². The average Bonchev–Trinajstić information content (AvgIpc) is 3.57. The van der Waals surface area contributed by atoms with Gasteiger partial charge < -0.3 is 10.3 Å². The van der Waals surface area contributed by atoms with Crippen molar-refractivity contribution in [1.29, 1.82) is 0 Å². The van der Waals surface area contributed by atoms with Crippen molar-refractivity contribution in [2.24, 2.45) is 0 Å². The Morgan fingerprint density at radius 2 is 1.40 bits per heavy atom. The quantitative estimate of drug-likeness (QED) is 0.140. The first-order chi connectivity index (χ1) is 21.3. The van der Waals surface area contributed by atoms with Crippen molar-refractivity contribution < 1.29 is 14.4 Å². The molecule has 1 heterocycles. The number of para-hydroxylation sites is 1. The molecule has 4 aromatic rings. The van der Waals surface area contributed by atoms with Crippen LogP contribution < -0.4 is 27.0 Å². The number of ketones is 1. The monoisotopic (exact) mass is 606 g/mol. The molecular formula is C36H42N6O3. The SMILES string of the molecule is CC(C)(C)NNC(=O)NCC(=O)C1=C(C(c2ccccc2)c2c(C(=O)NNC(C)(C)C)[nH]c3ccccc23)c2ccccc2C1. The van der Waals surface area contributed by atoms with Gasteiger partial charge in [0.2, 0.25) is 0 Å². The van der Waals surface area contributed by atoms with Crippen LogP contribution in [0.1, 0.15) is 80.2 Å². The molecule has 1 aliphatic rings. The summed E-state index contributed by atoms with van der Waals surface area (Å²) in [5, 5.41) is 3.60. The summed E-state index contributed by atoms with van der Waals surface area (Å²) in [4.78, 5) is 43.8. The number of hydrogen-bond donors (Lipinski definition) is 6. The molecule has 9 nitrogen and oxygen atoms in total. The normalized spacial score (nSPS) is 13.8. The number of aromatic nitrogens is 1. The molecule has 0 fully saturated rings. The van der Waals surface area contributed by atoms with E-state index in [2.05, 4.69) is 32.0 Å². The number of urea groups is 1. The molecule has 0 spiro atoms. The van der Waals surface area contributed by atoms with Gasteiger partial charge in [0.05, 0.1) is 6.54 Å². The zero-order valence-corrected chi connectivity index (χ0v) is 26.7. The fourth-order valence-corrected chi connectivity index (χ4v) is 5.59. The van der Waals surface area contributed by atoms with Crippen LogP contribution in [0.4, 0.5) is 4.79 Å². The minimum Gasteiger partial charge on any atom is -0.350 e. The van der Waals surface area contributed by atoms with Crippen LogP contribution in [0.2, 0.25) is 0 Å². The van der Waals surface area contributed by atoms with E-state index in [9.17, 15) is 14.4 Å². The second-order valence-electron chi connectivity index (χ2n) is 13.5. The van der Waals surface area contributed by atoms with E-state index >= 15 is 0 Å². The number of amides is 3. The van der Waals surface area contributed by atoms with Gasteiger partial charge in [-0.15, -0.1) is 0 Å². The van der Waals surface area contributed by atoms with E-state index in [4.69, 9.17) is 0 Å². The van der Waals surface area contributed by atoms with E-state index in [-0.39, 0.29) is 29.3 Å². The molecule has 6 N–H and O–H groups in total. The van der Waals surface area contributed by atoms with Crippen LogP contribution >= 0.6 is 0 Å². The molecule has 0 saturated carbocycles. The van der Waals surface area contributed by atoms with E-state index in [0.29, 0.717) is 17.7 Å². The molecule has 45 heavy (non-hydrogen) atoms. The minimum atomic E-state index is -0.488. The van der Waals surface area contributed by atoms with Crippen molar-refractivity contribution in [3.63, 3.8) is 0 Å². The molecule has 0 aliphatic heterocycles. The second kappa shape index (κ2) is 12.7. The van der Waals surface area contributed by atoms with Gasteiger partial charge in [-0.3, -0.25) is 20.4 Å². The van der Waals surface area contributed by atoms with Crippen LogP contribution in [0.15, 0.2) is 84.4 Å². The van der Waals surface area contributed by atoms with Gasteiger partial charge in [0, 0.05) is 45.5 Å². The Kier molecular flexibility index (Phi) is 8.95. The predicted molar refractivity (Wildman–Crippen MR) is 178 cm³/mol. The number of fused-ring (bicyclic) bond motifs is 2. The fraction of sp³-hybridized carbons (Fsp3) is 0.306. The minimum absolute atomic E-state index is 0.178. The number of benzene rings is 3. The Hall–Kier alpha value is -4.73. The van der Waals surface area contributed by atoms with Crippen molar-refractivity contribution in [2.75, 3.05) is 6.54 Å². The number of nitrogens with one attached hydrogen (secondary N) is 6. The Balaban J connectivity index is 1.65. The van der Waals surface area contributed by atoms with E-state index in [1.54, 1.807) is 0 Å². The fourth-order valence-electron chi connectivity index (χ4n) is 5.59. The molecule has 9 heteroatoms. The molecule has 234 valence electrons. The average molecular weight is 607 g/mol. The van der Waals surface area contributed by atoms with Crippen molar-refractivity contribution in [2.45, 2.75) is 65.0 Å². The van der Waals surface area contributed by atoms with Crippen molar-refractivity contribution in [1.82, 2.24) is 32.0 Å². The molecule has 0 bridgehead atoms. The van der Waals surface area contributed by atoms with Crippen molar-refractivity contribution in [3.8, 4) is 0 Å². The molecule has 5 rings (SSSR count).